The van der Waals surface area contributed by atoms with Crippen molar-refractivity contribution in [1.82, 2.24) is 9.71 Å². The van der Waals surface area contributed by atoms with Crippen LogP contribution < -0.4 is 10.0 Å². The van der Waals surface area contributed by atoms with E-state index in [2.05, 4.69) is 15.0 Å². The summed E-state index contributed by atoms with van der Waals surface area (Å²) in [6.45, 7) is 2.67. The molecule has 21 heavy (non-hydrogen) atoms. The third-order valence-electron chi connectivity index (χ3n) is 2.58. The van der Waals surface area contributed by atoms with Crippen LogP contribution in [0.1, 0.15) is 19.8 Å². The van der Waals surface area contributed by atoms with Crippen molar-refractivity contribution >= 4 is 25.5 Å². The number of hydrogen-bond donors (Lipinski definition) is 2. The average molecular weight is 335 g/mol. The maximum atomic E-state index is 12.2. The molecular formula is C12H21N3O4S2. The minimum atomic E-state index is -3.76. The van der Waals surface area contributed by atoms with E-state index in [0.717, 1.165) is 12.7 Å². The van der Waals surface area contributed by atoms with Gasteiger partial charge in [-0.05, 0) is 25.0 Å². The summed E-state index contributed by atoms with van der Waals surface area (Å²) in [6.07, 6.45) is 3.61. The molecule has 0 bridgehead atoms. The van der Waals surface area contributed by atoms with Crippen LogP contribution in [-0.2, 0) is 19.9 Å². The van der Waals surface area contributed by atoms with E-state index in [4.69, 9.17) is 0 Å². The van der Waals surface area contributed by atoms with Crippen molar-refractivity contribution in [2.45, 2.75) is 24.8 Å². The molecule has 1 aromatic heterocycles. The molecule has 0 unspecified atom stereocenters. The Labute approximate surface area is 126 Å². The first-order valence-corrected chi connectivity index (χ1v) is 10.2. The van der Waals surface area contributed by atoms with Crippen LogP contribution in [0.5, 0.6) is 0 Å². The van der Waals surface area contributed by atoms with Gasteiger partial charge in [0.2, 0.25) is 0 Å². The van der Waals surface area contributed by atoms with Gasteiger partial charge in [0.15, 0.2) is 5.03 Å². The van der Waals surface area contributed by atoms with E-state index in [0.29, 0.717) is 12.2 Å². The number of rotatable bonds is 9. The molecule has 7 nitrogen and oxygen atoms in total. The van der Waals surface area contributed by atoms with Gasteiger partial charge in [0.05, 0.1) is 11.4 Å². The Morgan fingerprint density at radius 3 is 2.52 bits per heavy atom. The normalized spacial score (nSPS) is 12.3. The summed E-state index contributed by atoms with van der Waals surface area (Å²) in [6, 6.07) is 3.30. The van der Waals surface area contributed by atoms with E-state index in [1.807, 2.05) is 6.92 Å². The lowest BCUT2D eigenvalue weighted by Gasteiger charge is -2.11. The van der Waals surface area contributed by atoms with E-state index >= 15 is 0 Å². The zero-order chi connectivity index (χ0) is 15.9. The van der Waals surface area contributed by atoms with Gasteiger partial charge in [0.25, 0.3) is 10.0 Å². The van der Waals surface area contributed by atoms with E-state index in [-0.39, 0.29) is 23.7 Å². The van der Waals surface area contributed by atoms with Crippen molar-refractivity contribution in [3.63, 3.8) is 0 Å². The second-order valence-corrected chi connectivity index (χ2v) is 8.61. The predicted octanol–water partition coefficient (Wildman–Crippen LogP) is 0.616. The molecular weight excluding hydrogens is 314 g/mol. The third kappa shape index (κ3) is 6.40. The standard InChI is InChI=1S/C12H21N3O4S2/c1-3-7-13-11-6-4-8-14-12(11)21(18,19)15-9-5-10-20(2,16)17/h4,6,8,13,15H,3,5,7,9-10H2,1-2H3. The average Bonchev–Trinajstić information content (AvgIpc) is 2.41. The quantitative estimate of drug-likeness (QED) is 0.641. The number of aromatic nitrogens is 1. The lowest BCUT2D eigenvalue weighted by Crippen LogP contribution is -2.27. The Kier molecular flexibility index (Phi) is 6.56. The summed E-state index contributed by atoms with van der Waals surface area (Å²) >= 11 is 0. The molecule has 120 valence electrons. The fraction of sp³-hybridized carbons (Fsp3) is 0.583. The summed E-state index contributed by atoms with van der Waals surface area (Å²) in [7, 11) is -6.85. The van der Waals surface area contributed by atoms with Gasteiger partial charge < -0.3 is 5.32 Å². The Morgan fingerprint density at radius 1 is 1.19 bits per heavy atom. The predicted molar refractivity (Wildman–Crippen MR) is 82.5 cm³/mol. The number of pyridine rings is 1. The SMILES string of the molecule is CCCNc1cccnc1S(=O)(=O)NCCCS(C)(=O)=O. The topological polar surface area (TPSA) is 105 Å². The fourth-order valence-electron chi connectivity index (χ4n) is 1.61. The molecule has 0 aliphatic heterocycles. The molecule has 0 aliphatic carbocycles. The van der Waals surface area contributed by atoms with Gasteiger partial charge in [-0.1, -0.05) is 6.92 Å². The van der Waals surface area contributed by atoms with Crippen LogP contribution in [0.2, 0.25) is 0 Å². The minimum absolute atomic E-state index is 0.0548. The first-order valence-electron chi connectivity index (χ1n) is 6.62. The van der Waals surface area contributed by atoms with Crippen LogP contribution in [0, 0.1) is 0 Å². The molecule has 0 saturated heterocycles. The van der Waals surface area contributed by atoms with Crippen molar-refractivity contribution in [2.75, 3.05) is 30.4 Å². The molecule has 2 N–H and O–H groups in total. The maximum absolute atomic E-state index is 12.2. The van der Waals surface area contributed by atoms with Crippen LogP contribution in [-0.4, -0.2) is 46.9 Å². The Bertz CT molecular complexity index is 657. The highest BCUT2D eigenvalue weighted by Crippen LogP contribution is 2.17. The van der Waals surface area contributed by atoms with Crippen LogP contribution >= 0.6 is 0 Å². The number of sulfone groups is 1. The monoisotopic (exact) mass is 335 g/mol. The lowest BCUT2D eigenvalue weighted by atomic mass is 10.4. The summed E-state index contributed by atoms with van der Waals surface area (Å²) in [5.41, 5.74) is 0.440. The van der Waals surface area contributed by atoms with E-state index < -0.39 is 19.9 Å². The van der Waals surface area contributed by atoms with E-state index in [1.54, 1.807) is 12.1 Å². The molecule has 0 atom stereocenters. The van der Waals surface area contributed by atoms with Gasteiger partial charge in [0, 0.05) is 25.5 Å². The fourth-order valence-corrected chi connectivity index (χ4v) is 3.46. The van der Waals surface area contributed by atoms with Gasteiger partial charge in [0.1, 0.15) is 9.84 Å². The molecule has 0 amide bonds. The van der Waals surface area contributed by atoms with Crippen molar-refractivity contribution in [2.24, 2.45) is 0 Å². The number of sulfonamides is 1. The smallest absolute Gasteiger partial charge is 0.260 e. The van der Waals surface area contributed by atoms with Crippen LogP contribution in [0.25, 0.3) is 0 Å². The Hall–Kier alpha value is -1.19. The lowest BCUT2D eigenvalue weighted by molar-refractivity contribution is 0.574. The van der Waals surface area contributed by atoms with Crippen LogP contribution in [0.3, 0.4) is 0 Å². The number of nitrogens with one attached hydrogen (secondary N) is 2. The molecule has 0 aromatic carbocycles. The largest absolute Gasteiger partial charge is 0.383 e. The minimum Gasteiger partial charge on any atom is -0.383 e. The summed E-state index contributed by atoms with van der Waals surface area (Å²) in [5, 5.41) is 2.93. The van der Waals surface area contributed by atoms with Gasteiger partial charge in [-0.3, -0.25) is 0 Å². The van der Waals surface area contributed by atoms with Gasteiger partial charge in [-0.25, -0.2) is 26.5 Å². The molecule has 0 aliphatic rings. The van der Waals surface area contributed by atoms with E-state index in [9.17, 15) is 16.8 Å². The highest BCUT2D eigenvalue weighted by molar-refractivity contribution is 7.90. The van der Waals surface area contributed by atoms with Crippen LogP contribution in [0.15, 0.2) is 23.4 Å². The number of nitrogens with zero attached hydrogens (tertiary/aromatic N) is 1. The molecule has 1 aromatic rings. The zero-order valence-electron chi connectivity index (χ0n) is 12.2. The second-order valence-electron chi connectivity index (χ2n) is 4.66. The van der Waals surface area contributed by atoms with Gasteiger partial charge in [-0.15, -0.1) is 0 Å². The van der Waals surface area contributed by atoms with Gasteiger partial charge >= 0.3 is 0 Å². The molecule has 9 heteroatoms. The second kappa shape index (κ2) is 7.71. The maximum Gasteiger partial charge on any atom is 0.260 e. The third-order valence-corrected chi connectivity index (χ3v) is 5.02. The summed E-state index contributed by atoms with van der Waals surface area (Å²) in [4.78, 5) is 3.90. The van der Waals surface area contributed by atoms with Crippen molar-refractivity contribution < 1.29 is 16.8 Å². The first-order chi connectivity index (χ1) is 9.76. The molecule has 1 heterocycles. The molecule has 0 fully saturated rings. The molecule has 0 radical (unpaired) electrons. The van der Waals surface area contributed by atoms with E-state index in [1.165, 1.54) is 6.20 Å². The van der Waals surface area contributed by atoms with Crippen molar-refractivity contribution in [1.29, 1.82) is 0 Å². The number of anilines is 1. The number of hydrogen-bond acceptors (Lipinski definition) is 6. The van der Waals surface area contributed by atoms with Crippen LogP contribution in [0.4, 0.5) is 5.69 Å². The highest BCUT2D eigenvalue weighted by atomic mass is 32.2. The highest BCUT2D eigenvalue weighted by Gasteiger charge is 2.19. The van der Waals surface area contributed by atoms with Crippen molar-refractivity contribution in [3.05, 3.63) is 18.3 Å². The summed E-state index contributed by atoms with van der Waals surface area (Å²) < 4.78 is 48.7. The molecule has 0 saturated carbocycles. The molecule has 1 rings (SSSR count). The Balaban J connectivity index is 2.74. The van der Waals surface area contributed by atoms with Crippen molar-refractivity contribution in [3.8, 4) is 0 Å². The first kappa shape index (κ1) is 17.9. The Morgan fingerprint density at radius 2 is 1.90 bits per heavy atom. The molecule has 0 spiro atoms. The summed E-state index contributed by atoms with van der Waals surface area (Å²) in [5.74, 6) is -0.0569. The van der Waals surface area contributed by atoms with Gasteiger partial charge in [-0.2, -0.15) is 0 Å². The zero-order valence-corrected chi connectivity index (χ0v) is 13.8.